The first-order chi connectivity index (χ1) is 9.97. The number of nitrogens with zero attached hydrogens (tertiary/aromatic N) is 2. The van der Waals surface area contributed by atoms with E-state index in [1.807, 2.05) is 30.3 Å². The van der Waals surface area contributed by atoms with Crippen LogP contribution in [-0.4, -0.2) is 38.3 Å². The van der Waals surface area contributed by atoms with Crippen LogP contribution < -0.4 is 5.32 Å². The zero-order chi connectivity index (χ0) is 15.3. The van der Waals surface area contributed by atoms with Gasteiger partial charge in [0.1, 0.15) is 11.6 Å². The summed E-state index contributed by atoms with van der Waals surface area (Å²) < 4.78 is 0. The van der Waals surface area contributed by atoms with Crippen LogP contribution in [0.5, 0.6) is 0 Å². The minimum absolute atomic E-state index is 0.135. The van der Waals surface area contributed by atoms with Gasteiger partial charge in [-0.15, -0.1) is 0 Å². The molecule has 0 spiro atoms. The standard InChI is InChI=1S/C15H17N3O3/c1-15(21,14(19)20)10-17-12-7-8-16-13(18-12)9-11-5-3-2-4-6-11/h2-8,21H,9-10H2,1H3,(H,19,20)(H,16,17,18). The maximum absolute atomic E-state index is 10.8. The quantitative estimate of drug-likeness (QED) is 0.741. The number of hydrogen-bond donors (Lipinski definition) is 3. The van der Waals surface area contributed by atoms with E-state index >= 15 is 0 Å². The second-order valence-electron chi connectivity index (χ2n) is 4.95. The normalized spacial score (nSPS) is 13.4. The molecule has 1 aromatic carbocycles. The maximum atomic E-state index is 10.8. The number of nitrogens with one attached hydrogen (secondary N) is 1. The van der Waals surface area contributed by atoms with Crippen LogP contribution in [-0.2, 0) is 11.2 Å². The van der Waals surface area contributed by atoms with E-state index in [0.29, 0.717) is 18.1 Å². The van der Waals surface area contributed by atoms with Crippen molar-refractivity contribution in [1.29, 1.82) is 0 Å². The number of aliphatic hydroxyl groups is 1. The molecule has 1 unspecified atom stereocenters. The molecule has 110 valence electrons. The predicted molar refractivity (Wildman–Crippen MR) is 78.0 cm³/mol. The summed E-state index contributed by atoms with van der Waals surface area (Å²) in [4.78, 5) is 19.3. The molecule has 0 saturated carbocycles. The van der Waals surface area contributed by atoms with Gasteiger partial charge in [-0.2, -0.15) is 0 Å². The number of carbonyl (C=O) groups is 1. The first-order valence-electron chi connectivity index (χ1n) is 6.53. The summed E-state index contributed by atoms with van der Waals surface area (Å²) in [6.07, 6.45) is 2.19. The van der Waals surface area contributed by atoms with E-state index in [0.717, 1.165) is 5.56 Å². The van der Waals surface area contributed by atoms with E-state index in [1.54, 1.807) is 12.3 Å². The van der Waals surface area contributed by atoms with Gasteiger partial charge in [0, 0.05) is 12.6 Å². The van der Waals surface area contributed by atoms with Crippen molar-refractivity contribution in [2.24, 2.45) is 0 Å². The van der Waals surface area contributed by atoms with Crippen LogP contribution >= 0.6 is 0 Å². The van der Waals surface area contributed by atoms with Crippen molar-refractivity contribution in [3.05, 3.63) is 54.0 Å². The van der Waals surface area contributed by atoms with Crippen molar-refractivity contribution in [2.75, 3.05) is 11.9 Å². The molecule has 1 atom stereocenters. The van der Waals surface area contributed by atoms with Gasteiger partial charge < -0.3 is 15.5 Å². The largest absolute Gasteiger partial charge is 0.479 e. The number of rotatable bonds is 6. The van der Waals surface area contributed by atoms with Crippen LogP contribution in [0.4, 0.5) is 5.82 Å². The Labute approximate surface area is 122 Å². The highest BCUT2D eigenvalue weighted by Gasteiger charge is 2.29. The van der Waals surface area contributed by atoms with Crippen LogP contribution in [0.3, 0.4) is 0 Å². The molecule has 0 aliphatic heterocycles. The minimum atomic E-state index is -1.84. The van der Waals surface area contributed by atoms with E-state index in [-0.39, 0.29) is 6.54 Å². The second-order valence-corrected chi connectivity index (χ2v) is 4.95. The lowest BCUT2D eigenvalue weighted by Crippen LogP contribution is -2.42. The second kappa shape index (κ2) is 6.32. The van der Waals surface area contributed by atoms with E-state index < -0.39 is 11.6 Å². The van der Waals surface area contributed by atoms with Gasteiger partial charge in [-0.25, -0.2) is 14.8 Å². The molecule has 2 aromatic rings. The Hall–Kier alpha value is -2.47. The number of aliphatic carboxylic acids is 1. The molecule has 1 aromatic heterocycles. The molecule has 2 rings (SSSR count). The summed E-state index contributed by atoms with van der Waals surface area (Å²) >= 11 is 0. The molecule has 6 nitrogen and oxygen atoms in total. The highest BCUT2D eigenvalue weighted by molar-refractivity contribution is 5.77. The summed E-state index contributed by atoms with van der Waals surface area (Å²) in [6.45, 7) is 1.10. The SMILES string of the molecule is CC(O)(CNc1ccnc(Cc2ccccc2)n1)C(=O)O. The number of benzene rings is 1. The Balaban J connectivity index is 2.03. The highest BCUT2D eigenvalue weighted by atomic mass is 16.4. The minimum Gasteiger partial charge on any atom is -0.479 e. The van der Waals surface area contributed by atoms with Gasteiger partial charge in [0.25, 0.3) is 0 Å². The third-order valence-corrected chi connectivity index (χ3v) is 2.98. The monoisotopic (exact) mass is 287 g/mol. The summed E-state index contributed by atoms with van der Waals surface area (Å²) in [5.41, 5.74) is -0.753. The van der Waals surface area contributed by atoms with Gasteiger partial charge >= 0.3 is 5.97 Å². The molecule has 0 radical (unpaired) electrons. The molecule has 0 bridgehead atoms. The molecular weight excluding hydrogens is 270 g/mol. The van der Waals surface area contributed by atoms with Crippen molar-refractivity contribution < 1.29 is 15.0 Å². The van der Waals surface area contributed by atoms with E-state index in [1.165, 1.54) is 6.92 Å². The Kier molecular flexibility index (Phi) is 4.49. The molecule has 21 heavy (non-hydrogen) atoms. The van der Waals surface area contributed by atoms with Crippen LogP contribution in [0.2, 0.25) is 0 Å². The van der Waals surface area contributed by atoms with Crippen LogP contribution in [0.1, 0.15) is 18.3 Å². The molecule has 3 N–H and O–H groups in total. The Morgan fingerprint density at radius 2 is 2.00 bits per heavy atom. The Morgan fingerprint density at radius 3 is 2.67 bits per heavy atom. The third kappa shape index (κ3) is 4.25. The molecule has 0 aliphatic carbocycles. The summed E-state index contributed by atoms with van der Waals surface area (Å²) in [5, 5.41) is 21.3. The van der Waals surface area contributed by atoms with E-state index in [2.05, 4.69) is 15.3 Å². The average molecular weight is 287 g/mol. The van der Waals surface area contributed by atoms with Crippen molar-refractivity contribution in [2.45, 2.75) is 18.9 Å². The topological polar surface area (TPSA) is 95.3 Å². The van der Waals surface area contributed by atoms with Crippen LogP contribution in [0.25, 0.3) is 0 Å². The lowest BCUT2D eigenvalue weighted by molar-refractivity contribution is -0.155. The lowest BCUT2D eigenvalue weighted by atomic mass is 10.1. The van der Waals surface area contributed by atoms with Gasteiger partial charge in [-0.05, 0) is 18.6 Å². The number of carboxylic acid groups (broad SMARTS) is 1. The predicted octanol–water partition coefficient (Wildman–Crippen LogP) is 1.31. The zero-order valence-corrected chi connectivity index (χ0v) is 11.7. The Bertz CT molecular complexity index is 615. The van der Waals surface area contributed by atoms with Crippen molar-refractivity contribution in [1.82, 2.24) is 9.97 Å². The Morgan fingerprint density at radius 1 is 1.29 bits per heavy atom. The van der Waals surface area contributed by atoms with Gasteiger partial charge in [0.2, 0.25) is 0 Å². The molecule has 0 fully saturated rings. The number of anilines is 1. The molecular formula is C15H17N3O3. The maximum Gasteiger partial charge on any atom is 0.337 e. The number of aromatic nitrogens is 2. The third-order valence-electron chi connectivity index (χ3n) is 2.98. The van der Waals surface area contributed by atoms with Crippen LogP contribution in [0.15, 0.2) is 42.6 Å². The summed E-state index contributed by atoms with van der Waals surface area (Å²) in [5.74, 6) is -0.174. The van der Waals surface area contributed by atoms with Gasteiger partial charge in [-0.3, -0.25) is 0 Å². The van der Waals surface area contributed by atoms with E-state index in [4.69, 9.17) is 5.11 Å². The summed E-state index contributed by atoms with van der Waals surface area (Å²) in [7, 11) is 0. The fourth-order valence-corrected chi connectivity index (χ4v) is 1.70. The van der Waals surface area contributed by atoms with Gasteiger partial charge in [0.15, 0.2) is 5.60 Å². The lowest BCUT2D eigenvalue weighted by Gasteiger charge is -2.18. The van der Waals surface area contributed by atoms with Crippen LogP contribution in [0, 0.1) is 0 Å². The molecule has 1 heterocycles. The molecule has 0 amide bonds. The van der Waals surface area contributed by atoms with Crippen molar-refractivity contribution in [3.63, 3.8) is 0 Å². The highest BCUT2D eigenvalue weighted by Crippen LogP contribution is 2.10. The molecule has 6 heteroatoms. The van der Waals surface area contributed by atoms with E-state index in [9.17, 15) is 9.90 Å². The summed E-state index contributed by atoms with van der Waals surface area (Å²) in [6, 6.07) is 11.4. The molecule has 0 aliphatic rings. The number of hydrogen-bond acceptors (Lipinski definition) is 5. The van der Waals surface area contributed by atoms with Gasteiger partial charge in [0.05, 0.1) is 6.54 Å². The van der Waals surface area contributed by atoms with Crippen molar-refractivity contribution in [3.8, 4) is 0 Å². The van der Waals surface area contributed by atoms with Gasteiger partial charge in [-0.1, -0.05) is 30.3 Å². The first-order valence-corrected chi connectivity index (χ1v) is 6.53. The molecule has 0 saturated heterocycles. The number of carboxylic acids is 1. The smallest absolute Gasteiger partial charge is 0.337 e. The fourth-order valence-electron chi connectivity index (χ4n) is 1.70. The average Bonchev–Trinajstić information content (AvgIpc) is 2.47. The first kappa shape index (κ1) is 14.9. The van der Waals surface area contributed by atoms with Crippen molar-refractivity contribution >= 4 is 11.8 Å². The zero-order valence-electron chi connectivity index (χ0n) is 11.7. The fraction of sp³-hybridized carbons (Fsp3) is 0.267.